The molecular formula is C29H45NO. The van der Waals surface area contributed by atoms with Crippen LogP contribution < -0.4 is 4.90 Å². The number of carbonyl (C=O) groups is 1. The Morgan fingerprint density at radius 1 is 0.903 bits per heavy atom. The van der Waals surface area contributed by atoms with Gasteiger partial charge in [0, 0.05) is 12.7 Å². The predicted molar refractivity (Wildman–Crippen MR) is 134 cm³/mol. The van der Waals surface area contributed by atoms with Crippen molar-refractivity contribution in [1.29, 1.82) is 0 Å². The first-order valence-corrected chi connectivity index (χ1v) is 13.1. The molecule has 1 aromatic carbocycles. The Labute approximate surface area is 191 Å². The third-order valence-electron chi connectivity index (χ3n) is 8.30. The number of anilines is 1. The summed E-state index contributed by atoms with van der Waals surface area (Å²) in [5.41, 5.74) is 2.40. The zero-order valence-electron chi connectivity index (χ0n) is 20.2. The molecule has 0 spiro atoms. The molecule has 2 saturated carbocycles. The van der Waals surface area contributed by atoms with Crippen molar-refractivity contribution >= 4 is 11.6 Å². The van der Waals surface area contributed by atoms with Gasteiger partial charge in [-0.1, -0.05) is 77.0 Å². The molecule has 1 amide bonds. The van der Waals surface area contributed by atoms with E-state index in [4.69, 9.17) is 0 Å². The van der Waals surface area contributed by atoms with Gasteiger partial charge >= 0.3 is 0 Å². The number of likely N-dealkylation sites (N-methyl/N-ethyl adjacent to an activating group) is 1. The van der Waals surface area contributed by atoms with E-state index in [2.05, 4.69) is 37.8 Å². The van der Waals surface area contributed by atoms with Gasteiger partial charge in [0.2, 0.25) is 5.91 Å². The van der Waals surface area contributed by atoms with Crippen LogP contribution >= 0.6 is 0 Å². The van der Waals surface area contributed by atoms with E-state index in [0.717, 1.165) is 23.4 Å². The quantitative estimate of drug-likeness (QED) is 0.274. The molecule has 0 unspecified atom stereocenters. The highest BCUT2D eigenvalue weighted by Crippen LogP contribution is 2.44. The fourth-order valence-electron chi connectivity index (χ4n) is 6.14. The molecule has 0 bridgehead atoms. The maximum atomic E-state index is 11.8. The molecule has 2 heteroatoms. The standard InChI is InChI=1S/C29H45NO/c1-4-6-7-8-9-10-23-11-13-24(14-12-23)25-15-17-26(18-16-25)27-19-21-28(22-20-27)30(3)29(31)5-2/h5,19-26H,2,4,6-18H2,1,3H3. The monoisotopic (exact) mass is 423 g/mol. The van der Waals surface area contributed by atoms with E-state index in [1.165, 1.54) is 102 Å². The van der Waals surface area contributed by atoms with Gasteiger partial charge in [-0.3, -0.25) is 4.79 Å². The normalized spacial score (nSPS) is 26.4. The minimum atomic E-state index is -0.0560. The molecule has 0 heterocycles. The molecule has 2 aliphatic carbocycles. The van der Waals surface area contributed by atoms with Gasteiger partial charge in [-0.2, -0.15) is 0 Å². The average molecular weight is 424 g/mol. The van der Waals surface area contributed by atoms with Gasteiger partial charge in [-0.15, -0.1) is 0 Å². The van der Waals surface area contributed by atoms with Crippen LogP contribution in [0.1, 0.15) is 108 Å². The minimum absolute atomic E-state index is 0.0560. The van der Waals surface area contributed by atoms with E-state index in [-0.39, 0.29) is 5.91 Å². The van der Waals surface area contributed by atoms with Gasteiger partial charge in [-0.05, 0) is 86.0 Å². The first-order valence-electron chi connectivity index (χ1n) is 13.1. The summed E-state index contributed by atoms with van der Waals surface area (Å²) in [4.78, 5) is 13.5. The SMILES string of the molecule is C=CC(=O)N(C)c1ccc(C2CCC(C3CCC(CCCCCCC)CC3)CC2)cc1. The number of nitrogens with zero attached hydrogens (tertiary/aromatic N) is 1. The first kappa shape index (κ1) is 24.1. The van der Waals surface area contributed by atoms with Crippen LogP contribution in [-0.2, 0) is 4.79 Å². The second-order valence-corrected chi connectivity index (χ2v) is 10.3. The first-order chi connectivity index (χ1) is 15.1. The van der Waals surface area contributed by atoms with Gasteiger partial charge in [0.25, 0.3) is 0 Å². The maximum Gasteiger partial charge on any atom is 0.250 e. The number of unbranched alkanes of at least 4 members (excludes halogenated alkanes) is 4. The molecule has 0 atom stereocenters. The highest BCUT2D eigenvalue weighted by atomic mass is 16.2. The number of benzene rings is 1. The topological polar surface area (TPSA) is 20.3 Å². The highest BCUT2D eigenvalue weighted by molar-refractivity contribution is 6.00. The summed E-state index contributed by atoms with van der Waals surface area (Å²) in [5, 5.41) is 0. The van der Waals surface area contributed by atoms with Crippen LogP contribution in [-0.4, -0.2) is 13.0 Å². The Kier molecular flexibility index (Phi) is 9.68. The third-order valence-corrected chi connectivity index (χ3v) is 8.30. The van der Waals surface area contributed by atoms with Crippen LogP contribution in [0.3, 0.4) is 0 Å². The van der Waals surface area contributed by atoms with Crippen molar-refractivity contribution in [1.82, 2.24) is 0 Å². The molecule has 0 N–H and O–H groups in total. The van der Waals surface area contributed by atoms with Gasteiger partial charge in [-0.25, -0.2) is 0 Å². The predicted octanol–water partition coefficient (Wildman–Crippen LogP) is 8.28. The lowest BCUT2D eigenvalue weighted by atomic mass is 9.68. The van der Waals surface area contributed by atoms with E-state index in [1.807, 2.05) is 7.05 Å². The summed E-state index contributed by atoms with van der Waals surface area (Å²) in [7, 11) is 1.81. The number of carbonyl (C=O) groups excluding carboxylic acids is 1. The van der Waals surface area contributed by atoms with Crippen LogP contribution in [0.2, 0.25) is 0 Å². The van der Waals surface area contributed by atoms with E-state index in [1.54, 1.807) is 4.90 Å². The summed E-state index contributed by atoms with van der Waals surface area (Å²) < 4.78 is 0. The third kappa shape index (κ3) is 6.96. The van der Waals surface area contributed by atoms with E-state index >= 15 is 0 Å². The summed E-state index contributed by atoms with van der Waals surface area (Å²) in [6.45, 7) is 5.88. The molecule has 2 fully saturated rings. The Bertz CT molecular complexity index is 662. The maximum absolute atomic E-state index is 11.8. The number of hydrogen-bond donors (Lipinski definition) is 0. The lowest BCUT2D eigenvalue weighted by Gasteiger charge is -2.38. The largest absolute Gasteiger partial charge is 0.312 e. The molecule has 3 rings (SSSR count). The second kappa shape index (κ2) is 12.5. The zero-order valence-corrected chi connectivity index (χ0v) is 20.2. The van der Waals surface area contributed by atoms with Crippen molar-refractivity contribution < 1.29 is 4.79 Å². The molecule has 0 saturated heterocycles. The van der Waals surface area contributed by atoms with Gasteiger partial charge in [0.05, 0.1) is 0 Å². The zero-order chi connectivity index (χ0) is 22.1. The summed E-state index contributed by atoms with van der Waals surface area (Å²) in [6, 6.07) is 8.65. The van der Waals surface area contributed by atoms with Crippen LogP contribution in [0.15, 0.2) is 36.9 Å². The molecule has 0 aliphatic heterocycles. The van der Waals surface area contributed by atoms with Crippen LogP contribution in [0.4, 0.5) is 5.69 Å². The summed E-state index contributed by atoms with van der Waals surface area (Å²) in [6.07, 6.45) is 21.5. The van der Waals surface area contributed by atoms with Crippen molar-refractivity contribution in [2.45, 2.75) is 103 Å². The van der Waals surface area contributed by atoms with Crippen molar-refractivity contribution in [3.8, 4) is 0 Å². The summed E-state index contributed by atoms with van der Waals surface area (Å²) >= 11 is 0. The Balaban J connectivity index is 1.38. The van der Waals surface area contributed by atoms with Crippen molar-refractivity contribution in [3.63, 3.8) is 0 Å². The Morgan fingerprint density at radius 3 is 2.06 bits per heavy atom. The molecular weight excluding hydrogens is 378 g/mol. The van der Waals surface area contributed by atoms with Crippen molar-refractivity contribution in [3.05, 3.63) is 42.5 Å². The molecule has 1 aromatic rings. The molecule has 31 heavy (non-hydrogen) atoms. The fourth-order valence-corrected chi connectivity index (χ4v) is 6.14. The molecule has 2 aliphatic rings. The minimum Gasteiger partial charge on any atom is -0.312 e. The average Bonchev–Trinajstić information content (AvgIpc) is 2.83. The van der Waals surface area contributed by atoms with Gasteiger partial charge in [0.1, 0.15) is 0 Å². The molecule has 2 nitrogen and oxygen atoms in total. The Morgan fingerprint density at radius 2 is 1.48 bits per heavy atom. The molecule has 0 aromatic heterocycles. The van der Waals surface area contributed by atoms with E-state index < -0.39 is 0 Å². The van der Waals surface area contributed by atoms with E-state index in [0.29, 0.717) is 5.92 Å². The van der Waals surface area contributed by atoms with Crippen LogP contribution in [0.5, 0.6) is 0 Å². The number of rotatable bonds is 10. The lowest BCUT2D eigenvalue weighted by molar-refractivity contribution is -0.113. The van der Waals surface area contributed by atoms with Crippen LogP contribution in [0, 0.1) is 17.8 Å². The molecule has 172 valence electrons. The van der Waals surface area contributed by atoms with Crippen molar-refractivity contribution in [2.75, 3.05) is 11.9 Å². The van der Waals surface area contributed by atoms with Gasteiger partial charge in [0.15, 0.2) is 0 Å². The molecule has 0 radical (unpaired) electrons. The van der Waals surface area contributed by atoms with Crippen LogP contribution in [0.25, 0.3) is 0 Å². The lowest BCUT2D eigenvalue weighted by Crippen LogP contribution is -2.25. The van der Waals surface area contributed by atoms with Crippen molar-refractivity contribution in [2.24, 2.45) is 17.8 Å². The Hall–Kier alpha value is -1.57. The van der Waals surface area contributed by atoms with Gasteiger partial charge < -0.3 is 4.90 Å². The smallest absolute Gasteiger partial charge is 0.250 e. The summed E-state index contributed by atoms with van der Waals surface area (Å²) in [5.74, 6) is 3.64. The highest BCUT2D eigenvalue weighted by Gasteiger charge is 2.31. The number of hydrogen-bond acceptors (Lipinski definition) is 1. The second-order valence-electron chi connectivity index (χ2n) is 10.3. The number of amides is 1. The fraction of sp³-hybridized carbons (Fsp3) is 0.690. The van der Waals surface area contributed by atoms with E-state index in [9.17, 15) is 4.79 Å².